The third kappa shape index (κ3) is 6.21. The van der Waals surface area contributed by atoms with Crippen LogP contribution in [-0.2, 0) is 20.8 Å². The Bertz CT molecular complexity index is 878. The van der Waals surface area contributed by atoms with E-state index >= 15 is 0 Å². The van der Waals surface area contributed by atoms with E-state index in [1.54, 1.807) is 45.4 Å². The van der Waals surface area contributed by atoms with Crippen molar-refractivity contribution in [3.05, 3.63) is 40.3 Å². The molecule has 0 saturated heterocycles. The summed E-state index contributed by atoms with van der Waals surface area (Å²) in [5.41, 5.74) is 1.06. The molecule has 2 aromatic rings. The normalized spacial score (nSPS) is 10.6. The van der Waals surface area contributed by atoms with Crippen molar-refractivity contribution in [1.29, 1.82) is 0 Å². The van der Waals surface area contributed by atoms with Crippen LogP contribution in [0.2, 0.25) is 0 Å². The number of aryl methyl sites for hydroxylation is 1. The van der Waals surface area contributed by atoms with Gasteiger partial charge in [-0.05, 0) is 37.6 Å². The molecule has 29 heavy (non-hydrogen) atoms. The number of carbonyl (C=O) groups is 2. The Balaban J connectivity index is 1.94. The number of anilines is 1. The first-order chi connectivity index (χ1) is 14.0. The third-order valence-corrected chi connectivity index (χ3v) is 4.95. The Morgan fingerprint density at radius 3 is 2.55 bits per heavy atom. The van der Waals surface area contributed by atoms with Crippen molar-refractivity contribution in [2.75, 3.05) is 32.8 Å². The SMILES string of the molecule is CCOC(=O)c1cc(CC)sc1NC(=O)CON=Cc1ccc(OC)c(OC)c1. The zero-order valence-electron chi connectivity index (χ0n) is 16.8. The maximum Gasteiger partial charge on any atom is 0.341 e. The van der Waals surface area contributed by atoms with Gasteiger partial charge in [0, 0.05) is 10.4 Å². The highest BCUT2D eigenvalue weighted by molar-refractivity contribution is 7.16. The quantitative estimate of drug-likeness (QED) is 0.359. The van der Waals surface area contributed by atoms with Crippen molar-refractivity contribution < 1.29 is 28.6 Å². The van der Waals surface area contributed by atoms with E-state index < -0.39 is 11.9 Å². The summed E-state index contributed by atoms with van der Waals surface area (Å²) in [5, 5.41) is 6.91. The van der Waals surface area contributed by atoms with Crippen LogP contribution in [0.5, 0.6) is 11.5 Å². The van der Waals surface area contributed by atoms with Crippen LogP contribution in [0.3, 0.4) is 0 Å². The van der Waals surface area contributed by atoms with Crippen LogP contribution >= 0.6 is 11.3 Å². The van der Waals surface area contributed by atoms with Crippen molar-refractivity contribution in [3.8, 4) is 11.5 Å². The average Bonchev–Trinajstić information content (AvgIpc) is 3.14. The van der Waals surface area contributed by atoms with Crippen molar-refractivity contribution in [2.45, 2.75) is 20.3 Å². The predicted molar refractivity (Wildman–Crippen MR) is 111 cm³/mol. The van der Waals surface area contributed by atoms with E-state index in [1.165, 1.54) is 17.6 Å². The van der Waals surface area contributed by atoms with Crippen LogP contribution < -0.4 is 14.8 Å². The Labute approximate surface area is 173 Å². The number of methoxy groups -OCH3 is 2. The third-order valence-electron chi connectivity index (χ3n) is 3.76. The van der Waals surface area contributed by atoms with Gasteiger partial charge in [0.15, 0.2) is 18.1 Å². The molecule has 0 atom stereocenters. The topological polar surface area (TPSA) is 95.5 Å². The van der Waals surface area contributed by atoms with E-state index in [0.717, 1.165) is 16.9 Å². The summed E-state index contributed by atoms with van der Waals surface area (Å²) in [6.45, 7) is 3.66. The van der Waals surface area contributed by atoms with Gasteiger partial charge in [0.05, 0.1) is 32.6 Å². The molecule has 0 fully saturated rings. The molecular weight excluding hydrogens is 396 g/mol. The number of thiophene rings is 1. The van der Waals surface area contributed by atoms with Gasteiger partial charge in [0.1, 0.15) is 5.00 Å². The van der Waals surface area contributed by atoms with E-state index in [0.29, 0.717) is 22.1 Å². The lowest BCUT2D eigenvalue weighted by Crippen LogP contribution is -2.18. The molecule has 1 aromatic heterocycles. The Kier molecular flexibility index (Phi) is 8.47. The fourth-order valence-electron chi connectivity index (χ4n) is 2.36. The van der Waals surface area contributed by atoms with E-state index in [-0.39, 0.29) is 13.2 Å². The summed E-state index contributed by atoms with van der Waals surface area (Å²) >= 11 is 1.33. The molecule has 0 saturated carbocycles. The number of benzene rings is 1. The summed E-state index contributed by atoms with van der Waals surface area (Å²) < 4.78 is 15.4. The van der Waals surface area contributed by atoms with Crippen LogP contribution in [0.4, 0.5) is 5.00 Å². The number of hydrogen-bond acceptors (Lipinski definition) is 8. The Hall–Kier alpha value is -3.07. The zero-order valence-corrected chi connectivity index (χ0v) is 17.6. The number of hydrogen-bond donors (Lipinski definition) is 1. The standard InChI is InChI=1S/C20H24N2O6S/c1-5-14-10-15(20(24)27-6-2)19(29-14)22-18(23)12-28-21-11-13-7-8-16(25-3)17(9-13)26-4/h7-11H,5-6,12H2,1-4H3,(H,22,23). The van der Waals surface area contributed by atoms with Gasteiger partial charge in [-0.1, -0.05) is 12.1 Å². The molecule has 1 amide bonds. The van der Waals surface area contributed by atoms with Gasteiger partial charge in [0.2, 0.25) is 0 Å². The van der Waals surface area contributed by atoms with E-state index in [9.17, 15) is 9.59 Å². The minimum Gasteiger partial charge on any atom is -0.493 e. The van der Waals surface area contributed by atoms with E-state index in [1.807, 2.05) is 6.92 Å². The summed E-state index contributed by atoms with van der Waals surface area (Å²) in [6.07, 6.45) is 2.21. The van der Waals surface area contributed by atoms with Crippen molar-refractivity contribution in [2.24, 2.45) is 5.16 Å². The maximum absolute atomic E-state index is 12.1. The number of oxime groups is 1. The van der Waals surface area contributed by atoms with E-state index in [2.05, 4.69) is 10.5 Å². The molecule has 0 radical (unpaired) electrons. The summed E-state index contributed by atoms with van der Waals surface area (Å²) in [6, 6.07) is 6.98. The lowest BCUT2D eigenvalue weighted by molar-refractivity contribution is -0.120. The number of nitrogens with one attached hydrogen (secondary N) is 1. The van der Waals surface area contributed by atoms with Gasteiger partial charge in [-0.2, -0.15) is 0 Å². The minimum absolute atomic E-state index is 0.261. The first-order valence-corrected chi connectivity index (χ1v) is 9.81. The first-order valence-electron chi connectivity index (χ1n) is 8.99. The number of carbonyl (C=O) groups excluding carboxylic acids is 2. The molecule has 1 N–H and O–H groups in total. The highest BCUT2D eigenvalue weighted by Crippen LogP contribution is 2.29. The average molecular weight is 420 g/mol. The lowest BCUT2D eigenvalue weighted by atomic mass is 10.2. The zero-order chi connectivity index (χ0) is 21.2. The van der Waals surface area contributed by atoms with Crippen LogP contribution in [-0.4, -0.2) is 45.5 Å². The van der Waals surface area contributed by atoms with Crippen LogP contribution in [0.1, 0.15) is 34.6 Å². The lowest BCUT2D eigenvalue weighted by Gasteiger charge is -2.07. The van der Waals surface area contributed by atoms with Gasteiger partial charge < -0.3 is 24.4 Å². The molecule has 0 spiro atoms. The van der Waals surface area contributed by atoms with Crippen LogP contribution in [0, 0.1) is 0 Å². The van der Waals surface area contributed by atoms with Gasteiger partial charge in [0.25, 0.3) is 5.91 Å². The van der Waals surface area contributed by atoms with Crippen molar-refractivity contribution in [3.63, 3.8) is 0 Å². The second-order valence-corrected chi connectivity index (χ2v) is 6.84. The van der Waals surface area contributed by atoms with Gasteiger partial charge in [-0.3, -0.25) is 4.79 Å². The highest BCUT2D eigenvalue weighted by atomic mass is 32.1. The molecule has 2 rings (SSSR count). The molecule has 0 aliphatic rings. The Morgan fingerprint density at radius 2 is 1.90 bits per heavy atom. The van der Waals surface area contributed by atoms with Crippen molar-refractivity contribution in [1.82, 2.24) is 0 Å². The van der Waals surface area contributed by atoms with Crippen molar-refractivity contribution >= 4 is 34.4 Å². The maximum atomic E-state index is 12.1. The smallest absolute Gasteiger partial charge is 0.341 e. The molecule has 1 aromatic carbocycles. The second kappa shape index (κ2) is 11.1. The highest BCUT2D eigenvalue weighted by Gasteiger charge is 2.18. The predicted octanol–water partition coefficient (Wildman–Crippen LogP) is 3.49. The Morgan fingerprint density at radius 1 is 1.14 bits per heavy atom. The number of nitrogens with zero attached hydrogens (tertiary/aromatic N) is 1. The molecule has 9 heteroatoms. The molecule has 8 nitrogen and oxygen atoms in total. The fraction of sp³-hybridized carbons (Fsp3) is 0.350. The molecule has 0 unspecified atom stereocenters. The van der Waals surface area contributed by atoms with E-state index in [4.69, 9.17) is 19.0 Å². The molecule has 0 bridgehead atoms. The summed E-state index contributed by atoms with van der Waals surface area (Å²) in [5.74, 6) is 0.269. The number of ether oxygens (including phenoxy) is 3. The van der Waals surface area contributed by atoms with Crippen LogP contribution in [0.25, 0.3) is 0 Å². The summed E-state index contributed by atoms with van der Waals surface area (Å²) in [7, 11) is 3.09. The molecule has 156 valence electrons. The summed E-state index contributed by atoms with van der Waals surface area (Å²) in [4.78, 5) is 30.2. The van der Waals surface area contributed by atoms with Gasteiger partial charge in [-0.15, -0.1) is 11.3 Å². The number of esters is 1. The molecular formula is C20H24N2O6S. The number of amides is 1. The molecule has 0 aliphatic heterocycles. The molecule has 0 aliphatic carbocycles. The number of rotatable bonds is 10. The van der Waals surface area contributed by atoms with Crippen LogP contribution in [0.15, 0.2) is 29.4 Å². The first kappa shape index (κ1) is 22.2. The molecule has 1 heterocycles. The van der Waals surface area contributed by atoms with Gasteiger partial charge in [-0.25, -0.2) is 4.79 Å². The van der Waals surface area contributed by atoms with Gasteiger partial charge >= 0.3 is 5.97 Å². The minimum atomic E-state index is -0.467. The second-order valence-electron chi connectivity index (χ2n) is 5.70. The largest absolute Gasteiger partial charge is 0.493 e. The fourth-order valence-corrected chi connectivity index (χ4v) is 3.36. The monoisotopic (exact) mass is 420 g/mol.